The molecule has 1 atom stereocenters. The van der Waals surface area contributed by atoms with E-state index in [9.17, 15) is 4.39 Å². The van der Waals surface area contributed by atoms with Crippen molar-refractivity contribution in [3.05, 3.63) is 35.6 Å². The van der Waals surface area contributed by atoms with E-state index < -0.39 is 0 Å². The van der Waals surface area contributed by atoms with Crippen LogP contribution in [0.4, 0.5) is 4.39 Å². The number of benzene rings is 1. The van der Waals surface area contributed by atoms with Crippen molar-refractivity contribution in [2.75, 3.05) is 13.1 Å². The van der Waals surface area contributed by atoms with Gasteiger partial charge in [-0.3, -0.25) is 10.3 Å². The molecule has 4 heteroatoms. The summed E-state index contributed by atoms with van der Waals surface area (Å²) in [4.78, 5) is 2.28. The van der Waals surface area contributed by atoms with Crippen molar-refractivity contribution >= 4 is 5.84 Å². The van der Waals surface area contributed by atoms with E-state index in [1.54, 1.807) is 0 Å². The third kappa shape index (κ3) is 3.27. The molecule has 0 spiro atoms. The molecule has 1 aliphatic heterocycles. The van der Waals surface area contributed by atoms with Gasteiger partial charge in [-0.1, -0.05) is 12.1 Å². The van der Waals surface area contributed by atoms with Crippen molar-refractivity contribution in [2.24, 2.45) is 11.7 Å². The number of nitrogens with one attached hydrogen (secondary N) is 1. The van der Waals surface area contributed by atoms with Gasteiger partial charge in [-0.15, -0.1) is 0 Å². The summed E-state index contributed by atoms with van der Waals surface area (Å²) < 4.78 is 12.8. The second kappa shape index (κ2) is 5.27. The van der Waals surface area contributed by atoms with E-state index in [4.69, 9.17) is 11.1 Å². The highest BCUT2D eigenvalue weighted by atomic mass is 19.1. The maximum Gasteiger partial charge on any atom is 0.123 e. The highest BCUT2D eigenvalue weighted by molar-refractivity contribution is 5.79. The molecule has 1 unspecified atom stereocenters. The molecule has 0 amide bonds. The average Bonchev–Trinajstić information content (AvgIpc) is 2.32. The Labute approximate surface area is 101 Å². The Bertz CT molecular complexity index is 388. The molecule has 92 valence electrons. The molecule has 1 aliphatic rings. The number of nitrogens with two attached hydrogens (primary N) is 1. The van der Waals surface area contributed by atoms with Gasteiger partial charge in [-0.25, -0.2) is 4.39 Å². The molecule has 3 nitrogen and oxygen atoms in total. The zero-order chi connectivity index (χ0) is 12.3. The highest BCUT2D eigenvalue weighted by Gasteiger charge is 2.21. The minimum atomic E-state index is -0.200. The van der Waals surface area contributed by atoms with Crippen LogP contribution in [0.15, 0.2) is 24.3 Å². The Morgan fingerprint density at radius 1 is 1.41 bits per heavy atom. The summed E-state index contributed by atoms with van der Waals surface area (Å²) in [7, 11) is 0. The number of hydrogen-bond acceptors (Lipinski definition) is 2. The molecular formula is C13H18FN3. The Morgan fingerprint density at radius 3 is 2.76 bits per heavy atom. The lowest BCUT2D eigenvalue weighted by molar-refractivity contribution is 0.196. The minimum Gasteiger partial charge on any atom is -0.387 e. The van der Waals surface area contributed by atoms with E-state index in [1.807, 2.05) is 12.1 Å². The quantitative estimate of drug-likeness (QED) is 0.621. The van der Waals surface area contributed by atoms with Gasteiger partial charge in [0.25, 0.3) is 0 Å². The third-order valence-electron chi connectivity index (χ3n) is 3.26. The Morgan fingerprint density at radius 2 is 2.12 bits per heavy atom. The summed E-state index contributed by atoms with van der Waals surface area (Å²) in [5.74, 6) is 0.270. The van der Waals surface area contributed by atoms with Gasteiger partial charge in [0.15, 0.2) is 0 Å². The number of nitrogens with zero attached hydrogens (tertiary/aromatic N) is 1. The van der Waals surface area contributed by atoms with Gasteiger partial charge < -0.3 is 5.73 Å². The summed E-state index contributed by atoms with van der Waals surface area (Å²) in [6.45, 7) is 2.68. The highest BCUT2D eigenvalue weighted by Crippen LogP contribution is 2.18. The van der Waals surface area contributed by atoms with Gasteiger partial charge in [0.1, 0.15) is 5.82 Å². The molecule has 1 saturated heterocycles. The topological polar surface area (TPSA) is 53.1 Å². The molecule has 0 saturated carbocycles. The van der Waals surface area contributed by atoms with E-state index in [0.717, 1.165) is 38.0 Å². The maximum absolute atomic E-state index is 12.8. The molecule has 2 rings (SSSR count). The van der Waals surface area contributed by atoms with Crippen molar-refractivity contribution in [1.82, 2.24) is 4.90 Å². The van der Waals surface area contributed by atoms with Crippen LogP contribution in [0.25, 0.3) is 0 Å². The summed E-state index contributed by atoms with van der Waals surface area (Å²) in [6.07, 6.45) is 2.08. The van der Waals surface area contributed by atoms with Crippen molar-refractivity contribution in [3.8, 4) is 0 Å². The monoisotopic (exact) mass is 235 g/mol. The molecule has 0 bridgehead atoms. The van der Waals surface area contributed by atoms with Crippen LogP contribution in [0.5, 0.6) is 0 Å². The molecule has 1 aromatic carbocycles. The van der Waals surface area contributed by atoms with Crippen LogP contribution >= 0.6 is 0 Å². The van der Waals surface area contributed by atoms with Crippen LogP contribution < -0.4 is 5.73 Å². The van der Waals surface area contributed by atoms with Crippen molar-refractivity contribution in [2.45, 2.75) is 19.4 Å². The first-order valence-electron chi connectivity index (χ1n) is 5.96. The van der Waals surface area contributed by atoms with Crippen molar-refractivity contribution < 1.29 is 4.39 Å². The van der Waals surface area contributed by atoms with Crippen LogP contribution in [0, 0.1) is 17.1 Å². The molecule has 0 aliphatic carbocycles. The SMILES string of the molecule is N=C(N)C1CCCN(Cc2ccc(F)cc2)C1. The zero-order valence-electron chi connectivity index (χ0n) is 9.82. The number of halogens is 1. The fourth-order valence-corrected chi connectivity index (χ4v) is 2.30. The Kier molecular flexibility index (Phi) is 3.74. The summed E-state index contributed by atoms with van der Waals surface area (Å²) >= 11 is 0. The van der Waals surface area contributed by atoms with E-state index >= 15 is 0 Å². The lowest BCUT2D eigenvalue weighted by Crippen LogP contribution is -2.40. The average molecular weight is 235 g/mol. The van der Waals surface area contributed by atoms with Crippen molar-refractivity contribution in [1.29, 1.82) is 5.41 Å². The summed E-state index contributed by atoms with van der Waals surface area (Å²) in [5, 5.41) is 7.49. The number of rotatable bonds is 3. The number of amidine groups is 1. The van der Waals surface area contributed by atoms with Gasteiger partial charge in [0.2, 0.25) is 0 Å². The maximum atomic E-state index is 12.8. The van der Waals surface area contributed by atoms with Gasteiger partial charge >= 0.3 is 0 Å². The smallest absolute Gasteiger partial charge is 0.123 e. The van der Waals surface area contributed by atoms with E-state index in [-0.39, 0.29) is 17.6 Å². The summed E-state index contributed by atoms with van der Waals surface area (Å²) in [5.41, 5.74) is 6.66. The predicted octanol–water partition coefficient (Wildman–Crippen LogP) is 1.97. The van der Waals surface area contributed by atoms with Crippen LogP contribution in [0.3, 0.4) is 0 Å². The Balaban J connectivity index is 1.94. The minimum absolute atomic E-state index is 0.184. The lowest BCUT2D eigenvalue weighted by atomic mass is 9.96. The van der Waals surface area contributed by atoms with Crippen LogP contribution in [0.1, 0.15) is 18.4 Å². The number of piperidine rings is 1. The number of likely N-dealkylation sites (tertiary alicyclic amines) is 1. The lowest BCUT2D eigenvalue weighted by Gasteiger charge is -2.32. The second-order valence-electron chi connectivity index (χ2n) is 4.66. The molecular weight excluding hydrogens is 217 g/mol. The number of hydrogen-bond donors (Lipinski definition) is 2. The van der Waals surface area contributed by atoms with Gasteiger partial charge in [-0.05, 0) is 37.1 Å². The fraction of sp³-hybridized carbons (Fsp3) is 0.462. The fourth-order valence-electron chi connectivity index (χ4n) is 2.30. The molecule has 0 radical (unpaired) electrons. The molecule has 0 aromatic heterocycles. The molecule has 3 N–H and O–H groups in total. The normalized spacial score (nSPS) is 21.4. The van der Waals surface area contributed by atoms with Crippen LogP contribution in [-0.4, -0.2) is 23.8 Å². The van der Waals surface area contributed by atoms with Gasteiger partial charge in [0, 0.05) is 19.0 Å². The van der Waals surface area contributed by atoms with E-state index in [1.165, 1.54) is 12.1 Å². The van der Waals surface area contributed by atoms with E-state index in [2.05, 4.69) is 4.90 Å². The standard InChI is InChI=1S/C13H18FN3/c14-12-5-3-10(4-6-12)8-17-7-1-2-11(9-17)13(15)16/h3-6,11H,1-2,7-9H2,(H3,15,16). The second-order valence-corrected chi connectivity index (χ2v) is 4.66. The molecule has 1 fully saturated rings. The van der Waals surface area contributed by atoms with E-state index in [0.29, 0.717) is 0 Å². The third-order valence-corrected chi connectivity index (χ3v) is 3.26. The zero-order valence-corrected chi connectivity index (χ0v) is 9.82. The predicted molar refractivity (Wildman–Crippen MR) is 66.3 cm³/mol. The molecule has 17 heavy (non-hydrogen) atoms. The van der Waals surface area contributed by atoms with Crippen LogP contribution in [-0.2, 0) is 6.54 Å². The Hall–Kier alpha value is -1.42. The first-order chi connectivity index (χ1) is 8.15. The van der Waals surface area contributed by atoms with Crippen molar-refractivity contribution in [3.63, 3.8) is 0 Å². The first kappa shape index (κ1) is 12.0. The largest absolute Gasteiger partial charge is 0.387 e. The molecule has 1 heterocycles. The summed E-state index contributed by atoms with van der Waals surface area (Å²) in [6, 6.07) is 6.60. The van der Waals surface area contributed by atoms with Gasteiger partial charge in [0.05, 0.1) is 5.84 Å². The van der Waals surface area contributed by atoms with Crippen LogP contribution in [0.2, 0.25) is 0 Å². The molecule has 1 aromatic rings. The first-order valence-corrected chi connectivity index (χ1v) is 5.96. The van der Waals surface area contributed by atoms with Gasteiger partial charge in [-0.2, -0.15) is 0 Å².